The minimum Gasteiger partial charge on any atom is -0.396 e. The van der Waals surface area contributed by atoms with E-state index in [1.165, 1.54) is 0 Å². The molecule has 15 heavy (non-hydrogen) atoms. The number of carbonyl (C=O) groups excluding carboxylic acids is 1. The summed E-state index contributed by atoms with van der Waals surface area (Å²) >= 11 is 0. The Kier molecular flexibility index (Phi) is 2.66. The molecule has 1 saturated heterocycles. The van der Waals surface area contributed by atoms with E-state index in [0.29, 0.717) is 24.7 Å². The first kappa shape index (κ1) is 9.70. The highest BCUT2D eigenvalue weighted by Gasteiger charge is 2.16. The maximum Gasteiger partial charge on any atom is 0.239 e. The molecule has 1 amide bonds. The lowest BCUT2D eigenvalue weighted by Crippen LogP contribution is -2.34. The van der Waals surface area contributed by atoms with Gasteiger partial charge in [0.15, 0.2) is 0 Å². The Hall–Kier alpha value is -1.85. The van der Waals surface area contributed by atoms with E-state index < -0.39 is 0 Å². The highest BCUT2D eigenvalue weighted by molar-refractivity contribution is 5.81. The van der Waals surface area contributed by atoms with Gasteiger partial charge in [0.05, 0.1) is 24.6 Å². The van der Waals surface area contributed by atoms with E-state index in [-0.39, 0.29) is 5.91 Å². The molecule has 0 aliphatic carbocycles. The van der Waals surface area contributed by atoms with Crippen LogP contribution in [0, 0.1) is 0 Å². The predicted molar refractivity (Wildman–Crippen MR) is 56.3 cm³/mol. The molecule has 0 bridgehead atoms. The van der Waals surface area contributed by atoms with E-state index in [1.807, 2.05) is 4.90 Å². The number of nitrogens with one attached hydrogen (secondary N) is 1. The number of nitrogens with zero attached hydrogens (tertiary/aromatic N) is 3. The number of anilines is 2. The third kappa shape index (κ3) is 2.34. The van der Waals surface area contributed by atoms with Crippen LogP contribution in [0.4, 0.5) is 11.6 Å². The quantitative estimate of drug-likeness (QED) is 0.641. The molecular weight excluding hydrogens is 194 g/mol. The minimum atomic E-state index is 0.00734. The van der Waals surface area contributed by atoms with Gasteiger partial charge in [-0.1, -0.05) is 0 Å². The van der Waals surface area contributed by atoms with E-state index in [1.54, 1.807) is 12.4 Å². The first-order chi connectivity index (χ1) is 7.25. The first-order valence-corrected chi connectivity index (χ1v) is 4.85. The standard InChI is InChI=1S/C9H13N5O/c10-7-4-12-9(13-5-7)14-3-1-2-11-8(15)6-14/h4-5H,1-3,6,10H2,(H,11,15). The van der Waals surface area contributed by atoms with Gasteiger partial charge in [-0.2, -0.15) is 0 Å². The number of carbonyl (C=O) groups is 1. The Morgan fingerprint density at radius 3 is 2.87 bits per heavy atom. The monoisotopic (exact) mass is 207 g/mol. The first-order valence-electron chi connectivity index (χ1n) is 4.85. The average Bonchev–Trinajstić information content (AvgIpc) is 2.44. The van der Waals surface area contributed by atoms with Gasteiger partial charge in [-0.3, -0.25) is 4.79 Å². The molecule has 3 N–H and O–H groups in total. The summed E-state index contributed by atoms with van der Waals surface area (Å²) in [5.74, 6) is 0.564. The SMILES string of the molecule is Nc1cnc(N2CCCNC(=O)C2)nc1. The van der Waals surface area contributed by atoms with Gasteiger partial charge >= 0.3 is 0 Å². The molecule has 0 aromatic carbocycles. The van der Waals surface area contributed by atoms with Crippen LogP contribution in [0.1, 0.15) is 6.42 Å². The van der Waals surface area contributed by atoms with Gasteiger partial charge < -0.3 is 16.0 Å². The summed E-state index contributed by atoms with van der Waals surface area (Å²) in [6, 6.07) is 0. The minimum absolute atomic E-state index is 0.00734. The summed E-state index contributed by atoms with van der Waals surface area (Å²) in [7, 11) is 0. The van der Waals surface area contributed by atoms with Crippen molar-refractivity contribution in [3.05, 3.63) is 12.4 Å². The molecule has 0 unspecified atom stereocenters. The fraction of sp³-hybridized carbons (Fsp3) is 0.444. The Bertz CT molecular complexity index is 350. The van der Waals surface area contributed by atoms with Crippen molar-refractivity contribution in [3.8, 4) is 0 Å². The number of hydrogen-bond donors (Lipinski definition) is 2. The van der Waals surface area contributed by atoms with Crippen molar-refractivity contribution in [3.63, 3.8) is 0 Å². The largest absolute Gasteiger partial charge is 0.396 e. The van der Waals surface area contributed by atoms with Crippen LogP contribution in [-0.4, -0.2) is 35.5 Å². The molecule has 1 aromatic heterocycles. The van der Waals surface area contributed by atoms with Crippen molar-refractivity contribution < 1.29 is 4.79 Å². The number of aromatic nitrogens is 2. The molecule has 80 valence electrons. The second kappa shape index (κ2) is 4.12. The third-order valence-corrected chi connectivity index (χ3v) is 2.20. The fourth-order valence-electron chi connectivity index (χ4n) is 1.47. The number of nitrogen functional groups attached to an aromatic ring is 1. The second-order valence-corrected chi connectivity index (χ2v) is 3.44. The van der Waals surface area contributed by atoms with Crippen molar-refractivity contribution >= 4 is 17.5 Å². The molecular formula is C9H13N5O. The molecule has 1 fully saturated rings. The van der Waals surface area contributed by atoms with Crippen LogP contribution < -0.4 is 16.0 Å². The number of nitrogens with two attached hydrogens (primary N) is 1. The molecule has 0 atom stereocenters. The predicted octanol–water partition coefficient (Wildman–Crippen LogP) is -0.615. The maximum absolute atomic E-state index is 11.3. The zero-order chi connectivity index (χ0) is 10.7. The zero-order valence-electron chi connectivity index (χ0n) is 8.31. The van der Waals surface area contributed by atoms with E-state index in [2.05, 4.69) is 15.3 Å². The zero-order valence-corrected chi connectivity index (χ0v) is 8.31. The van der Waals surface area contributed by atoms with Crippen LogP contribution in [0.5, 0.6) is 0 Å². The highest BCUT2D eigenvalue weighted by Crippen LogP contribution is 2.09. The van der Waals surface area contributed by atoms with Crippen LogP contribution in [0.15, 0.2) is 12.4 Å². The second-order valence-electron chi connectivity index (χ2n) is 3.44. The van der Waals surface area contributed by atoms with Gasteiger partial charge in [-0.15, -0.1) is 0 Å². The average molecular weight is 207 g/mol. The van der Waals surface area contributed by atoms with Gasteiger partial charge in [0.1, 0.15) is 0 Å². The van der Waals surface area contributed by atoms with E-state index >= 15 is 0 Å². The Morgan fingerprint density at radius 1 is 1.40 bits per heavy atom. The Balaban J connectivity index is 2.14. The van der Waals surface area contributed by atoms with Crippen molar-refractivity contribution in [1.29, 1.82) is 0 Å². The topological polar surface area (TPSA) is 84.1 Å². The van der Waals surface area contributed by atoms with E-state index in [9.17, 15) is 4.79 Å². The summed E-state index contributed by atoms with van der Waals surface area (Å²) in [6.45, 7) is 1.80. The molecule has 0 radical (unpaired) electrons. The highest BCUT2D eigenvalue weighted by atomic mass is 16.2. The lowest BCUT2D eigenvalue weighted by Gasteiger charge is -2.18. The molecule has 6 heteroatoms. The molecule has 2 rings (SSSR count). The van der Waals surface area contributed by atoms with Crippen molar-refractivity contribution in [2.45, 2.75) is 6.42 Å². The van der Waals surface area contributed by atoms with Gasteiger partial charge in [-0.05, 0) is 6.42 Å². The van der Waals surface area contributed by atoms with Gasteiger partial charge in [0, 0.05) is 13.1 Å². The molecule has 1 aliphatic heterocycles. The lowest BCUT2D eigenvalue weighted by molar-refractivity contribution is -0.119. The Labute approximate surface area is 87.5 Å². The summed E-state index contributed by atoms with van der Waals surface area (Å²) in [4.78, 5) is 21.3. The molecule has 1 aliphatic rings. The van der Waals surface area contributed by atoms with E-state index in [0.717, 1.165) is 13.0 Å². The van der Waals surface area contributed by atoms with Gasteiger partial charge in [0.25, 0.3) is 0 Å². The van der Waals surface area contributed by atoms with Crippen molar-refractivity contribution in [1.82, 2.24) is 15.3 Å². The normalized spacial score (nSPS) is 17.1. The molecule has 0 saturated carbocycles. The third-order valence-electron chi connectivity index (χ3n) is 2.20. The lowest BCUT2D eigenvalue weighted by atomic mass is 10.4. The van der Waals surface area contributed by atoms with Crippen LogP contribution in [-0.2, 0) is 4.79 Å². The van der Waals surface area contributed by atoms with Crippen LogP contribution in [0.2, 0.25) is 0 Å². The summed E-state index contributed by atoms with van der Waals surface area (Å²) in [6.07, 6.45) is 4.00. The van der Waals surface area contributed by atoms with Crippen LogP contribution in [0.25, 0.3) is 0 Å². The Morgan fingerprint density at radius 2 is 2.13 bits per heavy atom. The van der Waals surface area contributed by atoms with E-state index in [4.69, 9.17) is 5.73 Å². The van der Waals surface area contributed by atoms with Gasteiger partial charge in [-0.25, -0.2) is 9.97 Å². The van der Waals surface area contributed by atoms with Crippen molar-refractivity contribution in [2.24, 2.45) is 0 Å². The molecule has 0 spiro atoms. The molecule has 6 nitrogen and oxygen atoms in total. The van der Waals surface area contributed by atoms with Gasteiger partial charge in [0.2, 0.25) is 11.9 Å². The smallest absolute Gasteiger partial charge is 0.239 e. The molecule has 2 heterocycles. The number of hydrogen-bond acceptors (Lipinski definition) is 5. The number of amides is 1. The summed E-state index contributed by atoms with van der Waals surface area (Å²) in [5.41, 5.74) is 6.02. The summed E-state index contributed by atoms with van der Waals surface area (Å²) in [5, 5.41) is 2.79. The summed E-state index contributed by atoms with van der Waals surface area (Å²) < 4.78 is 0. The number of rotatable bonds is 1. The van der Waals surface area contributed by atoms with Crippen LogP contribution >= 0.6 is 0 Å². The fourth-order valence-corrected chi connectivity index (χ4v) is 1.47. The maximum atomic E-state index is 11.3. The molecule has 1 aromatic rings. The van der Waals surface area contributed by atoms with Crippen LogP contribution in [0.3, 0.4) is 0 Å². The van der Waals surface area contributed by atoms with Crippen molar-refractivity contribution in [2.75, 3.05) is 30.3 Å².